The van der Waals surface area contributed by atoms with Crippen molar-refractivity contribution in [3.05, 3.63) is 47.8 Å². The van der Waals surface area contributed by atoms with Gasteiger partial charge < -0.3 is 5.32 Å². The van der Waals surface area contributed by atoms with Gasteiger partial charge in [-0.1, -0.05) is 53.7 Å². The zero-order valence-corrected chi connectivity index (χ0v) is 15.3. The molecule has 0 fully saturated rings. The van der Waals surface area contributed by atoms with Gasteiger partial charge in [-0.3, -0.25) is 0 Å². The Morgan fingerprint density at radius 2 is 1.09 bits per heavy atom. The molecule has 2 rings (SSSR count). The van der Waals surface area contributed by atoms with Crippen molar-refractivity contribution >= 4 is 11.6 Å². The van der Waals surface area contributed by atoms with Gasteiger partial charge in [-0.2, -0.15) is 0 Å². The van der Waals surface area contributed by atoms with Gasteiger partial charge in [0.05, 0.1) is 0 Å². The Morgan fingerprint density at radius 3 is 1.43 bits per heavy atom. The fourth-order valence-corrected chi connectivity index (χ4v) is 2.51. The fraction of sp³-hybridized carbons (Fsp3) is 0.500. The number of hydrogen-bond acceptors (Lipinski definition) is 3. The molecule has 23 heavy (non-hydrogen) atoms. The molecule has 2 aromatic heterocycles. The van der Waals surface area contributed by atoms with Gasteiger partial charge in [0.2, 0.25) is 0 Å². The Morgan fingerprint density at radius 1 is 0.696 bits per heavy atom. The van der Waals surface area contributed by atoms with E-state index in [-0.39, 0.29) is 10.8 Å². The van der Waals surface area contributed by atoms with Gasteiger partial charge in [-0.15, -0.1) is 0 Å². The maximum absolute atomic E-state index is 4.71. The molecule has 1 N–H and O–H groups in total. The molecule has 0 amide bonds. The molecule has 3 heteroatoms. The van der Waals surface area contributed by atoms with Gasteiger partial charge in [0.1, 0.15) is 11.6 Å². The highest BCUT2D eigenvalue weighted by molar-refractivity contribution is 5.51. The van der Waals surface area contributed by atoms with Crippen molar-refractivity contribution in [3.8, 4) is 0 Å². The van der Waals surface area contributed by atoms with E-state index in [1.165, 1.54) is 0 Å². The molecule has 0 bridgehead atoms. The first-order valence-electron chi connectivity index (χ1n) is 8.30. The number of anilines is 2. The second-order valence-electron chi connectivity index (χ2n) is 8.63. The van der Waals surface area contributed by atoms with Gasteiger partial charge in [0, 0.05) is 11.4 Å². The van der Waals surface area contributed by atoms with Crippen molar-refractivity contribution in [3.63, 3.8) is 0 Å². The minimum Gasteiger partial charge on any atom is -0.325 e. The fourth-order valence-electron chi connectivity index (χ4n) is 2.51. The number of nitrogens with zero attached hydrogens (tertiary/aromatic N) is 2. The minimum absolute atomic E-state index is 0.233. The largest absolute Gasteiger partial charge is 0.325 e. The summed E-state index contributed by atoms with van der Waals surface area (Å²) in [5.41, 5.74) is 2.68. The lowest BCUT2D eigenvalue weighted by atomic mass is 9.90. The van der Waals surface area contributed by atoms with E-state index in [2.05, 4.69) is 71.1 Å². The average molecular weight is 311 g/mol. The molecule has 124 valence electrons. The molecule has 0 radical (unpaired) electrons. The third-order valence-electron chi connectivity index (χ3n) is 3.29. The molecule has 0 aliphatic rings. The molecular weight excluding hydrogens is 282 g/mol. The van der Waals surface area contributed by atoms with Crippen molar-refractivity contribution in [1.82, 2.24) is 9.97 Å². The molecule has 0 spiro atoms. The lowest BCUT2D eigenvalue weighted by molar-refractivity contribution is 0.406. The predicted octanol–water partition coefficient (Wildman–Crippen LogP) is 5.40. The van der Waals surface area contributed by atoms with E-state index in [9.17, 15) is 0 Å². The van der Waals surface area contributed by atoms with Gasteiger partial charge in [0.15, 0.2) is 0 Å². The molecule has 2 aromatic rings. The van der Waals surface area contributed by atoms with Crippen LogP contribution in [0.4, 0.5) is 11.6 Å². The van der Waals surface area contributed by atoms with Crippen LogP contribution in [0, 0.1) is 10.8 Å². The third kappa shape index (κ3) is 6.39. The topological polar surface area (TPSA) is 37.8 Å². The van der Waals surface area contributed by atoms with E-state index in [0.29, 0.717) is 0 Å². The summed E-state index contributed by atoms with van der Waals surface area (Å²) < 4.78 is 0. The Balaban J connectivity index is 2.13. The average Bonchev–Trinajstić information content (AvgIpc) is 2.35. The highest BCUT2D eigenvalue weighted by Crippen LogP contribution is 2.22. The number of hydrogen-bond donors (Lipinski definition) is 1. The molecule has 0 aromatic carbocycles. The van der Waals surface area contributed by atoms with Crippen LogP contribution in [0.3, 0.4) is 0 Å². The normalized spacial score (nSPS) is 12.3. The van der Waals surface area contributed by atoms with Crippen LogP contribution < -0.4 is 5.32 Å². The first kappa shape index (κ1) is 17.5. The second kappa shape index (κ2) is 6.69. The minimum atomic E-state index is 0.233. The van der Waals surface area contributed by atoms with Crippen LogP contribution in [0.15, 0.2) is 36.4 Å². The number of pyridine rings is 2. The van der Waals surface area contributed by atoms with Crippen molar-refractivity contribution < 1.29 is 0 Å². The number of nitrogens with one attached hydrogen (secondary N) is 1. The van der Waals surface area contributed by atoms with Gasteiger partial charge in [0.25, 0.3) is 0 Å². The smallest absolute Gasteiger partial charge is 0.131 e. The first-order valence-corrected chi connectivity index (χ1v) is 8.30. The van der Waals surface area contributed by atoms with Crippen molar-refractivity contribution in [2.75, 3.05) is 5.32 Å². The maximum atomic E-state index is 4.71. The monoisotopic (exact) mass is 311 g/mol. The van der Waals surface area contributed by atoms with E-state index in [4.69, 9.17) is 9.97 Å². The zero-order chi connectivity index (χ0) is 17.1. The molecule has 0 saturated heterocycles. The molecule has 0 unspecified atom stereocenters. The molecule has 0 aliphatic carbocycles. The summed E-state index contributed by atoms with van der Waals surface area (Å²) in [5, 5.41) is 3.33. The van der Waals surface area contributed by atoms with E-state index < -0.39 is 0 Å². The van der Waals surface area contributed by atoms with Crippen LogP contribution in [0.25, 0.3) is 0 Å². The molecule has 3 nitrogen and oxygen atoms in total. The standard InChI is InChI=1S/C20H29N3/c1-19(2,3)13-15-9-7-11-17(21-15)23-18-12-8-10-16(22-18)14-20(4,5)6/h7-12H,13-14H2,1-6H3,(H,21,22,23). The van der Waals surface area contributed by atoms with Crippen LogP contribution in [0.1, 0.15) is 52.9 Å². The van der Waals surface area contributed by atoms with Crippen molar-refractivity contribution in [2.45, 2.75) is 54.4 Å². The van der Waals surface area contributed by atoms with Gasteiger partial charge >= 0.3 is 0 Å². The summed E-state index contributed by atoms with van der Waals surface area (Å²) >= 11 is 0. The summed E-state index contributed by atoms with van der Waals surface area (Å²) in [6.07, 6.45) is 1.92. The Kier molecular flexibility index (Phi) is 5.08. The number of rotatable bonds is 4. The number of aromatic nitrogens is 2. The van der Waals surface area contributed by atoms with Crippen LogP contribution in [0.5, 0.6) is 0 Å². The van der Waals surface area contributed by atoms with Crippen LogP contribution in [0.2, 0.25) is 0 Å². The highest BCUT2D eigenvalue weighted by Gasteiger charge is 2.14. The van der Waals surface area contributed by atoms with Crippen LogP contribution >= 0.6 is 0 Å². The molecular formula is C20H29N3. The zero-order valence-electron chi connectivity index (χ0n) is 15.3. The van der Waals surface area contributed by atoms with E-state index >= 15 is 0 Å². The van der Waals surface area contributed by atoms with E-state index in [0.717, 1.165) is 35.9 Å². The van der Waals surface area contributed by atoms with Gasteiger partial charge in [-0.05, 0) is 47.9 Å². The lowest BCUT2D eigenvalue weighted by Gasteiger charge is -2.18. The molecule has 0 atom stereocenters. The van der Waals surface area contributed by atoms with Crippen molar-refractivity contribution in [2.24, 2.45) is 10.8 Å². The van der Waals surface area contributed by atoms with E-state index in [1.807, 2.05) is 12.1 Å². The predicted molar refractivity (Wildman–Crippen MR) is 98.1 cm³/mol. The quantitative estimate of drug-likeness (QED) is 0.821. The summed E-state index contributed by atoms with van der Waals surface area (Å²) in [6, 6.07) is 12.2. The third-order valence-corrected chi connectivity index (χ3v) is 3.29. The molecule has 0 aliphatic heterocycles. The highest BCUT2D eigenvalue weighted by atomic mass is 15.1. The molecule has 2 heterocycles. The Hall–Kier alpha value is -1.90. The van der Waals surface area contributed by atoms with Crippen LogP contribution in [-0.2, 0) is 12.8 Å². The Bertz CT molecular complexity index is 591. The van der Waals surface area contributed by atoms with Crippen LogP contribution in [-0.4, -0.2) is 9.97 Å². The van der Waals surface area contributed by atoms with E-state index in [1.54, 1.807) is 0 Å². The van der Waals surface area contributed by atoms with Crippen molar-refractivity contribution in [1.29, 1.82) is 0 Å². The SMILES string of the molecule is CC(C)(C)Cc1cccc(Nc2cccc(CC(C)(C)C)n2)n1. The Labute approximate surface area is 140 Å². The first-order chi connectivity index (χ1) is 10.6. The molecule has 0 saturated carbocycles. The maximum Gasteiger partial charge on any atom is 0.131 e. The lowest BCUT2D eigenvalue weighted by Crippen LogP contribution is -2.12. The summed E-state index contributed by atoms with van der Waals surface area (Å²) in [4.78, 5) is 9.41. The summed E-state index contributed by atoms with van der Waals surface area (Å²) in [7, 11) is 0. The van der Waals surface area contributed by atoms with Gasteiger partial charge in [-0.25, -0.2) is 9.97 Å². The summed E-state index contributed by atoms with van der Waals surface area (Å²) in [5.74, 6) is 1.71. The summed E-state index contributed by atoms with van der Waals surface area (Å²) in [6.45, 7) is 13.4. The second-order valence-corrected chi connectivity index (χ2v) is 8.63.